The van der Waals surface area contributed by atoms with E-state index in [9.17, 15) is 0 Å². The minimum atomic E-state index is -0.0302. The molecule has 3 N–H and O–H groups in total. The molecule has 4 nitrogen and oxygen atoms in total. The van der Waals surface area contributed by atoms with Gasteiger partial charge in [-0.25, -0.2) is 5.43 Å². The molecule has 0 fully saturated rings. The van der Waals surface area contributed by atoms with Gasteiger partial charge < -0.3 is 0 Å². The molecular formula is C16H24N4. The van der Waals surface area contributed by atoms with Gasteiger partial charge in [-0.2, -0.15) is 5.10 Å². The largest absolute Gasteiger partial charge is 0.271 e. The number of hydrogen-bond donors (Lipinski definition) is 2. The van der Waals surface area contributed by atoms with E-state index in [0.29, 0.717) is 5.92 Å². The summed E-state index contributed by atoms with van der Waals surface area (Å²) < 4.78 is 2.00. The van der Waals surface area contributed by atoms with E-state index in [-0.39, 0.29) is 6.04 Å². The van der Waals surface area contributed by atoms with Gasteiger partial charge in [0.25, 0.3) is 0 Å². The van der Waals surface area contributed by atoms with E-state index < -0.39 is 0 Å². The summed E-state index contributed by atoms with van der Waals surface area (Å²) >= 11 is 0. The maximum Gasteiger partial charge on any atom is 0.0878 e. The number of nitrogens with zero attached hydrogens (tertiary/aromatic N) is 2. The Labute approximate surface area is 121 Å². The molecule has 0 spiro atoms. The molecule has 1 aromatic carbocycles. The minimum absolute atomic E-state index is 0.0302. The van der Waals surface area contributed by atoms with Crippen LogP contribution in [0.4, 0.5) is 0 Å². The van der Waals surface area contributed by atoms with Crippen molar-refractivity contribution in [3.8, 4) is 0 Å². The molecular weight excluding hydrogens is 248 g/mol. The summed E-state index contributed by atoms with van der Waals surface area (Å²) in [5.74, 6) is 6.32. The molecule has 0 radical (unpaired) electrons. The number of aromatic nitrogens is 2. The fourth-order valence-corrected chi connectivity index (χ4v) is 2.48. The predicted octanol–water partition coefficient (Wildman–Crippen LogP) is 2.89. The number of nitrogens with two attached hydrogens (primary N) is 1. The normalized spacial score (nSPS) is 12.9. The lowest BCUT2D eigenvalue weighted by molar-refractivity contribution is 0.542. The second kappa shape index (κ2) is 6.20. The van der Waals surface area contributed by atoms with E-state index in [1.54, 1.807) is 0 Å². The average molecular weight is 272 g/mol. The molecule has 20 heavy (non-hydrogen) atoms. The number of benzene rings is 1. The lowest BCUT2D eigenvalue weighted by Crippen LogP contribution is -2.30. The van der Waals surface area contributed by atoms with Crippen molar-refractivity contribution in [2.75, 3.05) is 0 Å². The van der Waals surface area contributed by atoms with E-state index in [4.69, 9.17) is 5.84 Å². The van der Waals surface area contributed by atoms with Crippen LogP contribution in [-0.4, -0.2) is 9.78 Å². The molecule has 0 aliphatic carbocycles. The number of hydrogen-bond acceptors (Lipinski definition) is 3. The molecule has 0 aliphatic heterocycles. The van der Waals surface area contributed by atoms with Gasteiger partial charge in [0.05, 0.1) is 17.4 Å². The third-order valence-electron chi connectivity index (χ3n) is 3.63. The summed E-state index contributed by atoms with van der Waals surface area (Å²) in [6.07, 6.45) is 0. The van der Waals surface area contributed by atoms with Gasteiger partial charge >= 0.3 is 0 Å². The van der Waals surface area contributed by atoms with Gasteiger partial charge in [-0.1, -0.05) is 38.1 Å². The van der Waals surface area contributed by atoms with Crippen molar-refractivity contribution in [3.63, 3.8) is 0 Å². The predicted molar refractivity (Wildman–Crippen MR) is 82.3 cm³/mol. The van der Waals surface area contributed by atoms with Crippen molar-refractivity contribution < 1.29 is 0 Å². The average Bonchev–Trinajstić information content (AvgIpc) is 2.81. The summed E-state index contributed by atoms with van der Waals surface area (Å²) in [4.78, 5) is 0. The first-order chi connectivity index (χ1) is 9.56. The second-order valence-electron chi connectivity index (χ2n) is 5.45. The van der Waals surface area contributed by atoms with Gasteiger partial charge in [0, 0.05) is 6.54 Å². The van der Waals surface area contributed by atoms with Crippen LogP contribution in [0.5, 0.6) is 0 Å². The highest BCUT2D eigenvalue weighted by Gasteiger charge is 2.17. The zero-order valence-corrected chi connectivity index (χ0v) is 12.7. The summed E-state index contributed by atoms with van der Waals surface area (Å²) in [7, 11) is 0. The Morgan fingerprint density at radius 2 is 1.80 bits per heavy atom. The highest BCUT2D eigenvalue weighted by Crippen LogP contribution is 2.24. The third-order valence-corrected chi connectivity index (χ3v) is 3.63. The first-order valence-electron chi connectivity index (χ1n) is 7.17. The van der Waals surface area contributed by atoms with E-state index in [2.05, 4.69) is 61.6 Å². The van der Waals surface area contributed by atoms with E-state index >= 15 is 0 Å². The lowest BCUT2D eigenvalue weighted by atomic mass is 9.98. The molecule has 2 rings (SSSR count). The number of nitrogens with one attached hydrogen (secondary N) is 1. The van der Waals surface area contributed by atoms with E-state index in [1.165, 1.54) is 5.56 Å². The molecule has 1 heterocycles. The highest BCUT2D eigenvalue weighted by atomic mass is 15.3. The number of hydrazine groups is 1. The Balaban J connectivity index is 2.36. The Hall–Kier alpha value is -1.65. The van der Waals surface area contributed by atoms with Crippen LogP contribution < -0.4 is 11.3 Å². The van der Waals surface area contributed by atoms with Crippen molar-refractivity contribution in [2.24, 2.45) is 5.84 Å². The zero-order chi connectivity index (χ0) is 14.7. The molecule has 1 unspecified atom stereocenters. The van der Waals surface area contributed by atoms with Crippen molar-refractivity contribution >= 4 is 0 Å². The van der Waals surface area contributed by atoms with Crippen LogP contribution in [0, 0.1) is 6.92 Å². The summed E-state index contributed by atoms with van der Waals surface area (Å²) in [6, 6.07) is 10.7. The smallest absolute Gasteiger partial charge is 0.0878 e. The summed E-state index contributed by atoms with van der Waals surface area (Å²) in [5, 5.41) is 4.49. The van der Waals surface area contributed by atoms with Crippen LogP contribution in [0.25, 0.3) is 0 Å². The van der Waals surface area contributed by atoms with Crippen LogP contribution >= 0.6 is 0 Å². The molecule has 0 amide bonds. The maximum atomic E-state index is 5.78. The lowest BCUT2D eigenvalue weighted by Gasteiger charge is -2.18. The van der Waals surface area contributed by atoms with Crippen molar-refractivity contribution in [2.45, 2.75) is 46.2 Å². The fourth-order valence-electron chi connectivity index (χ4n) is 2.48. The summed E-state index contributed by atoms with van der Waals surface area (Å²) in [6.45, 7) is 9.33. The molecule has 4 heteroatoms. The SMILES string of the molecule is CCn1nc(C)cc1C(NN)c1ccc(C(C)C)cc1. The molecule has 0 saturated carbocycles. The molecule has 0 aliphatic rings. The molecule has 0 bridgehead atoms. The Morgan fingerprint density at radius 1 is 1.20 bits per heavy atom. The van der Waals surface area contributed by atoms with Gasteiger partial charge in [-0.05, 0) is 37.0 Å². The molecule has 1 aromatic heterocycles. The van der Waals surface area contributed by atoms with Crippen molar-refractivity contribution in [1.29, 1.82) is 0 Å². The van der Waals surface area contributed by atoms with Gasteiger partial charge in [0.2, 0.25) is 0 Å². The minimum Gasteiger partial charge on any atom is -0.271 e. The third kappa shape index (κ3) is 2.92. The van der Waals surface area contributed by atoms with Crippen molar-refractivity contribution in [1.82, 2.24) is 15.2 Å². The van der Waals surface area contributed by atoms with Gasteiger partial charge in [0.1, 0.15) is 0 Å². The van der Waals surface area contributed by atoms with Crippen LogP contribution in [0.3, 0.4) is 0 Å². The monoisotopic (exact) mass is 272 g/mol. The second-order valence-corrected chi connectivity index (χ2v) is 5.45. The van der Waals surface area contributed by atoms with Gasteiger partial charge in [-0.3, -0.25) is 10.5 Å². The van der Waals surface area contributed by atoms with E-state index in [0.717, 1.165) is 23.5 Å². The number of aryl methyl sites for hydroxylation is 2. The first-order valence-corrected chi connectivity index (χ1v) is 7.17. The van der Waals surface area contributed by atoms with Gasteiger partial charge in [-0.15, -0.1) is 0 Å². The van der Waals surface area contributed by atoms with Crippen LogP contribution in [0.1, 0.15) is 55.2 Å². The van der Waals surface area contributed by atoms with Gasteiger partial charge in [0.15, 0.2) is 0 Å². The quantitative estimate of drug-likeness (QED) is 0.650. The van der Waals surface area contributed by atoms with Crippen molar-refractivity contribution in [3.05, 3.63) is 52.8 Å². The fraction of sp³-hybridized carbons (Fsp3) is 0.438. The standard InChI is InChI=1S/C16H24N4/c1-5-20-15(10-12(4)19-20)16(18-17)14-8-6-13(7-9-14)11(2)3/h6-11,16,18H,5,17H2,1-4H3. The van der Waals surface area contributed by atoms with Crippen LogP contribution in [0.2, 0.25) is 0 Å². The number of rotatable bonds is 5. The summed E-state index contributed by atoms with van der Waals surface area (Å²) in [5.41, 5.74) is 7.52. The zero-order valence-electron chi connectivity index (χ0n) is 12.7. The Bertz CT molecular complexity index is 554. The molecule has 1 atom stereocenters. The molecule has 2 aromatic rings. The molecule has 108 valence electrons. The maximum absolute atomic E-state index is 5.78. The molecule has 0 saturated heterocycles. The first kappa shape index (κ1) is 14.8. The van der Waals surface area contributed by atoms with E-state index in [1.807, 2.05) is 11.6 Å². The van der Waals surface area contributed by atoms with Crippen LogP contribution in [-0.2, 0) is 6.54 Å². The Morgan fingerprint density at radius 3 is 2.30 bits per heavy atom. The topological polar surface area (TPSA) is 55.9 Å². The van der Waals surface area contributed by atoms with Crippen LogP contribution in [0.15, 0.2) is 30.3 Å². The Kier molecular flexibility index (Phi) is 4.57. The highest BCUT2D eigenvalue weighted by molar-refractivity contribution is 5.32.